The third-order valence-corrected chi connectivity index (χ3v) is 4.54. The molecule has 1 aromatic carbocycles. The second kappa shape index (κ2) is 7.55. The molecule has 1 aliphatic rings. The van der Waals surface area contributed by atoms with Crippen molar-refractivity contribution in [2.45, 2.75) is 44.3 Å². The quantitative estimate of drug-likeness (QED) is 0.761. The number of ether oxygens (including phenoxy) is 1. The van der Waals surface area contributed by atoms with E-state index in [4.69, 9.17) is 4.74 Å². The Morgan fingerprint density at radius 1 is 1.39 bits per heavy atom. The molecular formula is C16H19BrF3NO2. The number of methoxy groups -OCH3 is 1. The van der Waals surface area contributed by atoms with Gasteiger partial charge in [-0.15, -0.1) is 0 Å². The Morgan fingerprint density at radius 2 is 2.13 bits per heavy atom. The van der Waals surface area contributed by atoms with Crippen LogP contribution in [0.25, 0.3) is 0 Å². The lowest BCUT2D eigenvalue weighted by Gasteiger charge is -2.36. The summed E-state index contributed by atoms with van der Waals surface area (Å²) in [6.07, 6.45) is -2.84. The topological polar surface area (TPSA) is 29.5 Å². The lowest BCUT2D eigenvalue weighted by molar-refractivity contribution is -0.195. The van der Waals surface area contributed by atoms with Crippen LogP contribution in [0.3, 0.4) is 0 Å². The zero-order valence-electron chi connectivity index (χ0n) is 12.8. The Kier molecular flexibility index (Phi) is 5.95. The van der Waals surface area contributed by atoms with Gasteiger partial charge in [-0.1, -0.05) is 15.9 Å². The van der Waals surface area contributed by atoms with E-state index in [-0.39, 0.29) is 19.4 Å². The molecule has 1 heterocycles. The Bertz CT molecular complexity index is 563. The number of carbonyl (C=O) groups excluding carboxylic acids is 1. The van der Waals surface area contributed by atoms with Crippen LogP contribution >= 0.6 is 15.9 Å². The molecule has 0 saturated carbocycles. The fraction of sp³-hybridized carbons (Fsp3) is 0.562. The number of nitrogens with zero attached hydrogens (tertiary/aromatic N) is 1. The van der Waals surface area contributed by atoms with Gasteiger partial charge in [-0.25, -0.2) is 0 Å². The largest absolute Gasteiger partial charge is 0.496 e. The molecule has 2 rings (SSSR count). The number of rotatable bonds is 4. The maximum absolute atomic E-state index is 13.1. The molecule has 0 N–H and O–H groups in total. The van der Waals surface area contributed by atoms with E-state index in [0.717, 1.165) is 14.9 Å². The second-order valence-corrected chi connectivity index (χ2v) is 6.51. The van der Waals surface area contributed by atoms with Gasteiger partial charge in [0.1, 0.15) is 11.8 Å². The molecular weight excluding hydrogens is 375 g/mol. The molecule has 1 fully saturated rings. The minimum atomic E-state index is -4.36. The Labute approximate surface area is 141 Å². The number of likely N-dealkylation sites (tertiary alicyclic amines) is 1. The summed E-state index contributed by atoms with van der Waals surface area (Å²) < 4.78 is 45.3. The van der Waals surface area contributed by atoms with Crippen molar-refractivity contribution in [1.29, 1.82) is 0 Å². The first kappa shape index (κ1) is 18.1. The van der Waals surface area contributed by atoms with Crippen molar-refractivity contribution in [2.24, 2.45) is 0 Å². The van der Waals surface area contributed by atoms with Gasteiger partial charge in [0.25, 0.3) is 0 Å². The number of carbonyl (C=O) groups is 1. The Hall–Kier alpha value is -1.24. The summed E-state index contributed by atoms with van der Waals surface area (Å²) in [5, 5.41) is 0. The van der Waals surface area contributed by atoms with Crippen LogP contribution in [0.2, 0.25) is 0 Å². The highest BCUT2D eigenvalue weighted by Gasteiger charge is 2.45. The van der Waals surface area contributed by atoms with Crippen LogP contribution in [0, 0.1) is 0 Å². The van der Waals surface area contributed by atoms with E-state index < -0.39 is 18.1 Å². The number of hydrogen-bond acceptors (Lipinski definition) is 2. The summed E-state index contributed by atoms with van der Waals surface area (Å²) in [5.74, 6) is 0.182. The third-order valence-electron chi connectivity index (χ3n) is 4.05. The number of halogens is 4. The van der Waals surface area contributed by atoms with E-state index in [2.05, 4.69) is 15.9 Å². The monoisotopic (exact) mass is 393 g/mol. The van der Waals surface area contributed by atoms with Crippen molar-refractivity contribution < 1.29 is 22.7 Å². The third kappa shape index (κ3) is 4.62. The first-order valence-electron chi connectivity index (χ1n) is 7.51. The van der Waals surface area contributed by atoms with E-state index in [1.807, 2.05) is 12.1 Å². The zero-order valence-corrected chi connectivity index (χ0v) is 14.4. The van der Waals surface area contributed by atoms with Crippen LogP contribution in [0.15, 0.2) is 22.7 Å². The van der Waals surface area contributed by atoms with Gasteiger partial charge < -0.3 is 9.64 Å². The number of hydrogen-bond donors (Lipinski definition) is 0. The van der Waals surface area contributed by atoms with Gasteiger partial charge in [0.2, 0.25) is 5.91 Å². The lowest BCUT2D eigenvalue weighted by Crippen LogP contribution is -2.51. The molecule has 1 saturated heterocycles. The number of amides is 1. The molecule has 3 nitrogen and oxygen atoms in total. The molecule has 0 bridgehead atoms. The molecule has 0 aromatic heterocycles. The summed E-state index contributed by atoms with van der Waals surface area (Å²) in [4.78, 5) is 13.3. The summed E-state index contributed by atoms with van der Waals surface area (Å²) in [6, 6.07) is 3.76. The number of alkyl halides is 3. The number of aryl methyl sites for hydroxylation is 1. The highest BCUT2D eigenvalue weighted by atomic mass is 79.9. The van der Waals surface area contributed by atoms with Gasteiger partial charge in [-0.05, 0) is 49.4 Å². The normalized spacial score (nSPS) is 18.8. The van der Waals surface area contributed by atoms with Gasteiger partial charge in [0.05, 0.1) is 7.11 Å². The molecule has 1 atom stereocenters. The van der Waals surface area contributed by atoms with Crippen molar-refractivity contribution in [3.63, 3.8) is 0 Å². The predicted molar refractivity (Wildman–Crippen MR) is 84.4 cm³/mol. The predicted octanol–water partition coefficient (Wildman–Crippen LogP) is 4.33. The Balaban J connectivity index is 2.05. The second-order valence-electron chi connectivity index (χ2n) is 5.60. The van der Waals surface area contributed by atoms with Crippen molar-refractivity contribution in [1.82, 2.24) is 4.90 Å². The van der Waals surface area contributed by atoms with Crippen LogP contribution in [0.5, 0.6) is 5.75 Å². The van der Waals surface area contributed by atoms with E-state index >= 15 is 0 Å². The molecule has 1 aliphatic heterocycles. The van der Waals surface area contributed by atoms with E-state index in [1.54, 1.807) is 6.07 Å². The average Bonchev–Trinajstić information content (AvgIpc) is 2.52. The molecule has 1 aromatic rings. The summed E-state index contributed by atoms with van der Waals surface area (Å²) in [7, 11) is 1.53. The smallest absolute Gasteiger partial charge is 0.408 e. The summed E-state index contributed by atoms with van der Waals surface area (Å²) in [6.45, 7) is 0.179. The summed E-state index contributed by atoms with van der Waals surface area (Å²) in [5.41, 5.74) is 0.802. The highest BCUT2D eigenvalue weighted by Crippen LogP contribution is 2.32. The van der Waals surface area contributed by atoms with Crippen molar-refractivity contribution >= 4 is 21.8 Å². The highest BCUT2D eigenvalue weighted by molar-refractivity contribution is 9.10. The van der Waals surface area contributed by atoms with E-state index in [1.165, 1.54) is 7.11 Å². The van der Waals surface area contributed by atoms with Crippen molar-refractivity contribution in [2.75, 3.05) is 13.7 Å². The average molecular weight is 394 g/mol. The molecule has 1 amide bonds. The van der Waals surface area contributed by atoms with Gasteiger partial charge in [-0.2, -0.15) is 13.2 Å². The molecule has 23 heavy (non-hydrogen) atoms. The first-order chi connectivity index (χ1) is 10.8. The first-order valence-corrected chi connectivity index (χ1v) is 8.31. The van der Waals surface area contributed by atoms with Gasteiger partial charge in [0.15, 0.2) is 0 Å². The summed E-state index contributed by atoms with van der Waals surface area (Å²) >= 11 is 3.35. The maximum Gasteiger partial charge on any atom is 0.408 e. The van der Waals surface area contributed by atoms with E-state index in [0.29, 0.717) is 25.0 Å². The maximum atomic E-state index is 13.1. The number of piperidine rings is 1. The van der Waals surface area contributed by atoms with E-state index in [9.17, 15) is 18.0 Å². The molecule has 0 radical (unpaired) electrons. The van der Waals surface area contributed by atoms with Crippen molar-refractivity contribution in [3.8, 4) is 5.75 Å². The number of benzene rings is 1. The van der Waals surface area contributed by atoms with Crippen LogP contribution in [0.1, 0.15) is 31.2 Å². The van der Waals surface area contributed by atoms with Crippen LogP contribution in [-0.2, 0) is 11.2 Å². The van der Waals surface area contributed by atoms with Crippen LogP contribution in [-0.4, -0.2) is 36.7 Å². The van der Waals surface area contributed by atoms with Crippen molar-refractivity contribution in [3.05, 3.63) is 28.2 Å². The minimum Gasteiger partial charge on any atom is -0.496 e. The molecule has 0 spiro atoms. The molecule has 0 aliphatic carbocycles. The van der Waals surface area contributed by atoms with Gasteiger partial charge in [0, 0.05) is 17.4 Å². The molecule has 1 unspecified atom stereocenters. The van der Waals surface area contributed by atoms with Gasteiger partial charge in [-0.3, -0.25) is 4.79 Å². The molecule has 128 valence electrons. The fourth-order valence-electron chi connectivity index (χ4n) is 2.90. The van der Waals surface area contributed by atoms with Crippen LogP contribution in [0.4, 0.5) is 13.2 Å². The minimum absolute atomic E-state index is 0.00452. The molecule has 7 heteroatoms. The standard InChI is InChI=1S/C16H19BrF3NO2/c1-23-13-7-6-12(17)10-11(13)5-8-15(22)21-9-3-2-4-14(21)16(18,19)20/h6-7,10,14H,2-5,8-9H2,1H3. The van der Waals surface area contributed by atoms with Crippen LogP contribution < -0.4 is 4.74 Å². The van der Waals surface area contributed by atoms with Gasteiger partial charge >= 0.3 is 6.18 Å². The Morgan fingerprint density at radius 3 is 2.78 bits per heavy atom. The SMILES string of the molecule is COc1ccc(Br)cc1CCC(=O)N1CCCCC1C(F)(F)F. The zero-order chi connectivity index (χ0) is 17.0. The lowest BCUT2D eigenvalue weighted by atomic mass is 10.00. The fourth-order valence-corrected chi connectivity index (χ4v) is 3.31.